The second-order valence-electron chi connectivity index (χ2n) is 6.39. The number of hydrogen-bond donors (Lipinski definition) is 1. The maximum absolute atomic E-state index is 13.2. The van der Waals surface area contributed by atoms with Crippen molar-refractivity contribution in [2.75, 3.05) is 13.1 Å². The Morgan fingerprint density at radius 2 is 1.79 bits per heavy atom. The maximum Gasteiger partial charge on any atom is 0.245 e. The van der Waals surface area contributed by atoms with Crippen molar-refractivity contribution in [3.05, 3.63) is 64.1 Å². The van der Waals surface area contributed by atoms with Crippen LogP contribution in [0.15, 0.2) is 53.4 Å². The molecule has 0 saturated carbocycles. The number of hydrogen-bond acceptors (Lipinski definition) is 3. The quantitative estimate of drug-likeness (QED) is 0.551. The van der Waals surface area contributed by atoms with Crippen LogP contribution >= 0.6 is 23.2 Å². The van der Waals surface area contributed by atoms with Crippen molar-refractivity contribution in [1.82, 2.24) is 9.62 Å². The second kappa shape index (κ2) is 10.8. The largest absolute Gasteiger partial charge is 0.355 e. The van der Waals surface area contributed by atoms with Crippen molar-refractivity contribution in [3.8, 4) is 0 Å². The monoisotopic (exact) mass is 442 g/mol. The van der Waals surface area contributed by atoms with E-state index < -0.39 is 10.0 Å². The molecule has 2 aromatic carbocycles. The van der Waals surface area contributed by atoms with E-state index in [0.29, 0.717) is 6.54 Å². The normalized spacial score (nSPS) is 11.6. The van der Waals surface area contributed by atoms with Gasteiger partial charge in [0.25, 0.3) is 0 Å². The van der Waals surface area contributed by atoms with Gasteiger partial charge in [-0.25, -0.2) is 8.42 Å². The van der Waals surface area contributed by atoms with Gasteiger partial charge in [0, 0.05) is 18.1 Å². The van der Waals surface area contributed by atoms with Crippen LogP contribution in [0.4, 0.5) is 0 Å². The third-order valence-electron chi connectivity index (χ3n) is 4.14. The van der Waals surface area contributed by atoms with Gasteiger partial charge in [-0.2, -0.15) is 4.31 Å². The first-order chi connectivity index (χ1) is 13.3. The van der Waals surface area contributed by atoms with E-state index in [9.17, 15) is 13.2 Å². The second-order valence-corrected chi connectivity index (χ2v) is 9.14. The molecule has 1 N–H and O–H groups in total. The Labute approximate surface area is 176 Å². The zero-order valence-corrected chi connectivity index (χ0v) is 18.0. The summed E-state index contributed by atoms with van der Waals surface area (Å²) in [7, 11) is -4.03. The minimum Gasteiger partial charge on any atom is -0.355 e. The van der Waals surface area contributed by atoms with Gasteiger partial charge in [0.05, 0.1) is 11.6 Å². The molecular weight excluding hydrogens is 419 g/mol. The van der Waals surface area contributed by atoms with Crippen LogP contribution in [0.5, 0.6) is 0 Å². The van der Waals surface area contributed by atoms with E-state index >= 15 is 0 Å². The first-order valence-electron chi connectivity index (χ1n) is 9.10. The lowest BCUT2D eigenvalue weighted by molar-refractivity contribution is -0.121. The maximum atomic E-state index is 13.2. The number of nitrogens with zero attached hydrogens (tertiary/aromatic N) is 1. The fourth-order valence-corrected chi connectivity index (χ4v) is 4.77. The van der Waals surface area contributed by atoms with E-state index in [-0.39, 0.29) is 33.9 Å². The average molecular weight is 443 g/mol. The lowest BCUT2D eigenvalue weighted by Crippen LogP contribution is -2.40. The molecule has 0 radical (unpaired) electrons. The van der Waals surface area contributed by atoms with E-state index in [4.69, 9.17) is 23.2 Å². The van der Waals surface area contributed by atoms with Crippen molar-refractivity contribution < 1.29 is 13.2 Å². The van der Waals surface area contributed by atoms with E-state index in [1.807, 2.05) is 18.2 Å². The van der Waals surface area contributed by atoms with Crippen LogP contribution in [0, 0.1) is 0 Å². The Bertz CT molecular complexity index is 890. The number of sulfonamides is 1. The van der Waals surface area contributed by atoms with Gasteiger partial charge in [-0.15, -0.1) is 0 Å². The Kier molecular flexibility index (Phi) is 8.76. The summed E-state index contributed by atoms with van der Waals surface area (Å²) in [5, 5.41) is 3.10. The minimum atomic E-state index is -4.03. The van der Waals surface area contributed by atoms with E-state index in [2.05, 4.69) is 12.2 Å². The number of benzene rings is 2. The van der Waals surface area contributed by atoms with Gasteiger partial charge in [-0.1, -0.05) is 73.3 Å². The van der Waals surface area contributed by atoms with Crippen molar-refractivity contribution in [1.29, 1.82) is 0 Å². The number of carbonyl (C=O) groups is 1. The fraction of sp³-hybridized carbons (Fsp3) is 0.350. The van der Waals surface area contributed by atoms with Gasteiger partial charge in [0.15, 0.2) is 0 Å². The Hall–Kier alpha value is -1.60. The van der Waals surface area contributed by atoms with E-state index in [1.165, 1.54) is 18.2 Å². The lowest BCUT2D eigenvalue weighted by Gasteiger charge is -2.22. The Morgan fingerprint density at radius 1 is 1.07 bits per heavy atom. The molecule has 0 spiro atoms. The predicted octanol–water partition coefficient (Wildman–Crippen LogP) is 4.49. The highest BCUT2D eigenvalue weighted by molar-refractivity contribution is 7.89. The fourth-order valence-electron chi connectivity index (χ4n) is 2.65. The van der Waals surface area contributed by atoms with Crippen LogP contribution < -0.4 is 5.32 Å². The topological polar surface area (TPSA) is 66.5 Å². The van der Waals surface area contributed by atoms with Crippen LogP contribution in [0.2, 0.25) is 10.0 Å². The highest BCUT2D eigenvalue weighted by Gasteiger charge is 2.29. The number of halogens is 2. The van der Waals surface area contributed by atoms with Crippen LogP contribution in [0.25, 0.3) is 0 Å². The molecule has 0 atom stereocenters. The molecule has 0 aliphatic rings. The zero-order chi connectivity index (χ0) is 20.6. The van der Waals surface area contributed by atoms with Gasteiger partial charge in [0.2, 0.25) is 15.9 Å². The van der Waals surface area contributed by atoms with E-state index in [0.717, 1.165) is 29.1 Å². The van der Waals surface area contributed by atoms with Gasteiger partial charge in [-0.3, -0.25) is 4.79 Å². The number of carbonyl (C=O) groups excluding carboxylic acids is 1. The average Bonchev–Trinajstić information content (AvgIpc) is 2.67. The summed E-state index contributed by atoms with van der Waals surface area (Å²) >= 11 is 12.1. The molecule has 0 heterocycles. The van der Waals surface area contributed by atoms with Crippen molar-refractivity contribution in [3.63, 3.8) is 0 Å². The van der Waals surface area contributed by atoms with Crippen LogP contribution in [-0.2, 0) is 21.4 Å². The lowest BCUT2D eigenvalue weighted by atomic mass is 10.2. The summed E-state index contributed by atoms with van der Waals surface area (Å²) in [5.74, 6) is -0.353. The van der Waals surface area contributed by atoms with Crippen molar-refractivity contribution >= 4 is 39.1 Å². The molecule has 28 heavy (non-hydrogen) atoms. The zero-order valence-electron chi connectivity index (χ0n) is 15.7. The van der Waals surface area contributed by atoms with Crippen molar-refractivity contribution in [2.24, 2.45) is 0 Å². The third-order valence-corrected chi connectivity index (χ3v) is 6.64. The standard InChI is InChI=1S/C20H24Cl2N2O3S/c1-2-3-7-12-23-20(25)15-24(14-16-8-5-4-6-9-16)28(26,27)19-13-17(21)10-11-18(19)22/h4-6,8-11,13H,2-3,7,12,14-15H2,1H3,(H,23,25). The van der Waals surface area contributed by atoms with Gasteiger partial charge in [0.1, 0.15) is 4.90 Å². The minimum absolute atomic E-state index is 0.0500. The number of rotatable bonds is 10. The number of unbranched alkanes of at least 4 members (excludes halogenated alkanes) is 2. The molecule has 2 rings (SSSR count). The molecule has 1 amide bonds. The summed E-state index contributed by atoms with van der Waals surface area (Å²) in [6, 6.07) is 13.3. The van der Waals surface area contributed by atoms with E-state index in [1.54, 1.807) is 12.1 Å². The summed E-state index contributed by atoms with van der Waals surface area (Å²) in [4.78, 5) is 12.2. The molecule has 5 nitrogen and oxygen atoms in total. The first-order valence-corrected chi connectivity index (χ1v) is 11.3. The molecule has 8 heteroatoms. The predicted molar refractivity (Wildman–Crippen MR) is 113 cm³/mol. The number of amides is 1. The SMILES string of the molecule is CCCCCNC(=O)CN(Cc1ccccc1)S(=O)(=O)c1cc(Cl)ccc1Cl. The van der Waals surface area contributed by atoms with Crippen LogP contribution in [0.3, 0.4) is 0 Å². The summed E-state index contributed by atoms with van der Waals surface area (Å²) in [6.45, 7) is 2.34. The summed E-state index contributed by atoms with van der Waals surface area (Å²) < 4.78 is 27.6. The van der Waals surface area contributed by atoms with Gasteiger partial charge < -0.3 is 5.32 Å². The molecule has 152 valence electrons. The first kappa shape index (κ1) is 22.7. The van der Waals surface area contributed by atoms with Gasteiger partial charge >= 0.3 is 0 Å². The number of nitrogens with one attached hydrogen (secondary N) is 1. The molecule has 0 fully saturated rings. The summed E-state index contributed by atoms with van der Waals surface area (Å²) in [5.41, 5.74) is 0.767. The van der Waals surface area contributed by atoms with Crippen LogP contribution in [-0.4, -0.2) is 31.7 Å². The molecular formula is C20H24Cl2N2O3S. The Balaban J connectivity index is 2.26. The molecule has 0 saturated heterocycles. The highest BCUT2D eigenvalue weighted by atomic mass is 35.5. The molecule has 2 aromatic rings. The third kappa shape index (κ3) is 6.48. The molecule has 0 aliphatic carbocycles. The molecule has 0 aromatic heterocycles. The molecule has 0 aliphatic heterocycles. The molecule has 0 unspecified atom stereocenters. The summed E-state index contributed by atoms with van der Waals surface area (Å²) in [6.07, 6.45) is 2.90. The Morgan fingerprint density at radius 3 is 2.46 bits per heavy atom. The highest BCUT2D eigenvalue weighted by Crippen LogP contribution is 2.28. The molecule has 0 bridgehead atoms. The van der Waals surface area contributed by atoms with Crippen LogP contribution in [0.1, 0.15) is 31.7 Å². The van der Waals surface area contributed by atoms with Gasteiger partial charge in [-0.05, 0) is 30.2 Å². The van der Waals surface area contributed by atoms with Crippen molar-refractivity contribution in [2.45, 2.75) is 37.6 Å². The smallest absolute Gasteiger partial charge is 0.245 e.